The van der Waals surface area contributed by atoms with E-state index in [0.29, 0.717) is 25.4 Å². The number of carbonyl (C=O) groups excluding carboxylic acids is 1. The highest BCUT2D eigenvalue weighted by molar-refractivity contribution is 5.73. The SMILES string of the molecule is O=C(NCCCn1ccnc1)NC[C@@H]1COc2ccccc2O1. The van der Waals surface area contributed by atoms with Crippen LogP contribution in [0.4, 0.5) is 4.79 Å². The molecular formula is C16H20N4O3. The number of fused-ring (bicyclic) bond motifs is 1. The number of urea groups is 1. The van der Waals surface area contributed by atoms with E-state index in [9.17, 15) is 4.79 Å². The Bertz CT molecular complexity index is 630. The van der Waals surface area contributed by atoms with E-state index < -0.39 is 0 Å². The quantitative estimate of drug-likeness (QED) is 0.790. The van der Waals surface area contributed by atoms with Crippen molar-refractivity contribution in [3.05, 3.63) is 43.0 Å². The average molecular weight is 316 g/mol. The van der Waals surface area contributed by atoms with Crippen molar-refractivity contribution in [1.82, 2.24) is 20.2 Å². The Kier molecular flexibility index (Phi) is 4.98. The van der Waals surface area contributed by atoms with Gasteiger partial charge in [0.1, 0.15) is 6.61 Å². The van der Waals surface area contributed by atoms with E-state index in [2.05, 4.69) is 15.6 Å². The van der Waals surface area contributed by atoms with E-state index in [4.69, 9.17) is 9.47 Å². The maximum Gasteiger partial charge on any atom is 0.314 e. The summed E-state index contributed by atoms with van der Waals surface area (Å²) < 4.78 is 13.4. The molecule has 0 spiro atoms. The summed E-state index contributed by atoms with van der Waals surface area (Å²) in [5.41, 5.74) is 0. The van der Waals surface area contributed by atoms with Gasteiger partial charge in [0.2, 0.25) is 0 Å². The summed E-state index contributed by atoms with van der Waals surface area (Å²) in [6.07, 6.45) is 6.07. The number of aromatic nitrogens is 2. The third kappa shape index (κ3) is 4.38. The van der Waals surface area contributed by atoms with E-state index >= 15 is 0 Å². The second-order valence-electron chi connectivity index (χ2n) is 5.29. The van der Waals surface area contributed by atoms with Gasteiger partial charge in [-0.3, -0.25) is 0 Å². The number of para-hydroxylation sites is 2. The van der Waals surface area contributed by atoms with E-state index in [-0.39, 0.29) is 12.1 Å². The van der Waals surface area contributed by atoms with E-state index in [0.717, 1.165) is 18.7 Å². The minimum atomic E-state index is -0.196. The van der Waals surface area contributed by atoms with Crippen molar-refractivity contribution in [3.8, 4) is 11.5 Å². The highest BCUT2D eigenvalue weighted by atomic mass is 16.6. The van der Waals surface area contributed by atoms with E-state index in [1.807, 2.05) is 35.0 Å². The van der Waals surface area contributed by atoms with Crippen LogP contribution >= 0.6 is 0 Å². The van der Waals surface area contributed by atoms with Crippen LogP contribution in [-0.4, -0.2) is 41.4 Å². The molecule has 1 aromatic carbocycles. The molecule has 0 fully saturated rings. The minimum absolute atomic E-state index is 0.179. The Morgan fingerprint density at radius 3 is 3.00 bits per heavy atom. The molecule has 0 radical (unpaired) electrons. The Hall–Kier alpha value is -2.70. The molecule has 2 aromatic rings. The van der Waals surface area contributed by atoms with E-state index in [1.54, 1.807) is 12.5 Å². The van der Waals surface area contributed by atoms with Gasteiger partial charge in [-0.15, -0.1) is 0 Å². The first-order valence-electron chi connectivity index (χ1n) is 7.67. The molecule has 0 unspecified atom stereocenters. The predicted molar refractivity (Wildman–Crippen MR) is 84.6 cm³/mol. The lowest BCUT2D eigenvalue weighted by molar-refractivity contribution is 0.0918. The fourth-order valence-corrected chi connectivity index (χ4v) is 2.32. The highest BCUT2D eigenvalue weighted by Crippen LogP contribution is 2.30. The van der Waals surface area contributed by atoms with Crippen LogP contribution in [0.15, 0.2) is 43.0 Å². The zero-order valence-corrected chi connectivity index (χ0v) is 12.8. The van der Waals surface area contributed by atoms with Gasteiger partial charge in [-0.25, -0.2) is 9.78 Å². The molecule has 2 heterocycles. The summed E-state index contributed by atoms with van der Waals surface area (Å²) in [4.78, 5) is 15.7. The van der Waals surface area contributed by atoms with Crippen molar-refractivity contribution in [2.45, 2.75) is 19.1 Å². The van der Waals surface area contributed by atoms with Gasteiger partial charge in [-0.2, -0.15) is 0 Å². The molecule has 0 saturated heterocycles. The van der Waals surface area contributed by atoms with Crippen LogP contribution < -0.4 is 20.1 Å². The number of imidazole rings is 1. The molecule has 1 aliphatic heterocycles. The molecular weight excluding hydrogens is 296 g/mol. The Morgan fingerprint density at radius 1 is 1.30 bits per heavy atom. The van der Waals surface area contributed by atoms with Crippen LogP contribution in [0, 0.1) is 0 Å². The standard InChI is InChI=1S/C16H20N4O3/c21-16(18-6-3-8-20-9-7-17-12-20)19-10-13-11-22-14-4-1-2-5-15(14)23-13/h1-2,4-5,7,9,12-13H,3,6,8,10-11H2,(H2,18,19,21)/t13-/m1/s1. The zero-order valence-electron chi connectivity index (χ0n) is 12.8. The summed E-state index contributed by atoms with van der Waals surface area (Å²) in [6, 6.07) is 7.32. The minimum Gasteiger partial charge on any atom is -0.486 e. The molecule has 0 aliphatic carbocycles. The van der Waals surface area contributed by atoms with E-state index in [1.165, 1.54) is 0 Å². The maximum absolute atomic E-state index is 11.8. The van der Waals surface area contributed by atoms with Crippen molar-refractivity contribution >= 4 is 6.03 Å². The van der Waals surface area contributed by atoms with Crippen LogP contribution in [0.3, 0.4) is 0 Å². The highest BCUT2D eigenvalue weighted by Gasteiger charge is 2.20. The predicted octanol–water partition coefficient (Wildman–Crippen LogP) is 1.41. The molecule has 7 heteroatoms. The van der Waals surface area contributed by atoms with Crippen molar-refractivity contribution in [2.24, 2.45) is 0 Å². The number of ether oxygens (including phenoxy) is 2. The average Bonchev–Trinajstić information content (AvgIpc) is 3.10. The van der Waals surface area contributed by atoms with Gasteiger partial charge in [0, 0.05) is 25.5 Å². The van der Waals surface area contributed by atoms with Crippen molar-refractivity contribution in [3.63, 3.8) is 0 Å². The molecule has 2 amide bonds. The first kappa shape index (κ1) is 15.2. The first-order valence-corrected chi connectivity index (χ1v) is 7.67. The van der Waals surface area contributed by atoms with Gasteiger partial charge in [0.25, 0.3) is 0 Å². The second kappa shape index (κ2) is 7.53. The molecule has 1 atom stereocenters. The number of amides is 2. The molecule has 1 aliphatic rings. The summed E-state index contributed by atoms with van der Waals surface area (Å²) >= 11 is 0. The fourth-order valence-electron chi connectivity index (χ4n) is 2.32. The van der Waals surface area contributed by atoms with Crippen molar-refractivity contribution < 1.29 is 14.3 Å². The Morgan fingerprint density at radius 2 is 2.17 bits per heavy atom. The van der Waals surface area contributed by atoms with Crippen LogP contribution in [0.2, 0.25) is 0 Å². The van der Waals surface area contributed by atoms with Gasteiger partial charge in [0.15, 0.2) is 17.6 Å². The largest absolute Gasteiger partial charge is 0.486 e. The smallest absolute Gasteiger partial charge is 0.314 e. The molecule has 3 rings (SSSR count). The van der Waals surface area contributed by atoms with Crippen LogP contribution in [0.1, 0.15) is 6.42 Å². The molecule has 0 bridgehead atoms. The molecule has 122 valence electrons. The van der Waals surface area contributed by atoms with Crippen LogP contribution in [0.25, 0.3) is 0 Å². The van der Waals surface area contributed by atoms with Gasteiger partial charge in [-0.05, 0) is 18.6 Å². The molecule has 1 aromatic heterocycles. The van der Waals surface area contributed by atoms with Crippen molar-refractivity contribution in [1.29, 1.82) is 0 Å². The number of hydrogen-bond acceptors (Lipinski definition) is 4. The van der Waals surface area contributed by atoms with Crippen LogP contribution in [-0.2, 0) is 6.54 Å². The first-order chi connectivity index (χ1) is 11.3. The molecule has 7 nitrogen and oxygen atoms in total. The third-order valence-electron chi connectivity index (χ3n) is 3.50. The summed E-state index contributed by atoms with van der Waals surface area (Å²) in [5.74, 6) is 1.46. The Labute approximate surface area is 134 Å². The second-order valence-corrected chi connectivity index (χ2v) is 5.29. The van der Waals surface area contributed by atoms with Crippen molar-refractivity contribution in [2.75, 3.05) is 19.7 Å². The zero-order chi connectivity index (χ0) is 15.9. The van der Waals surface area contributed by atoms with Gasteiger partial charge in [-0.1, -0.05) is 12.1 Å². The number of carbonyl (C=O) groups is 1. The lowest BCUT2D eigenvalue weighted by atomic mass is 10.2. The lowest BCUT2D eigenvalue weighted by Gasteiger charge is -2.26. The Balaban J connectivity index is 1.32. The van der Waals surface area contributed by atoms with Gasteiger partial charge < -0.3 is 24.7 Å². The number of nitrogens with one attached hydrogen (secondary N) is 2. The summed E-state index contributed by atoms with van der Waals surface area (Å²) in [6.45, 7) is 2.27. The number of benzene rings is 1. The topological polar surface area (TPSA) is 77.4 Å². The number of aryl methyl sites for hydroxylation is 1. The summed E-state index contributed by atoms with van der Waals surface area (Å²) in [7, 11) is 0. The van der Waals surface area contributed by atoms with Gasteiger partial charge in [0.05, 0.1) is 12.9 Å². The number of nitrogens with zero attached hydrogens (tertiary/aromatic N) is 2. The third-order valence-corrected chi connectivity index (χ3v) is 3.50. The lowest BCUT2D eigenvalue weighted by Crippen LogP contribution is -2.44. The number of hydrogen-bond donors (Lipinski definition) is 2. The normalized spacial score (nSPS) is 15.9. The maximum atomic E-state index is 11.8. The van der Waals surface area contributed by atoms with Gasteiger partial charge >= 0.3 is 6.03 Å². The molecule has 0 saturated carbocycles. The fraction of sp³-hybridized carbons (Fsp3) is 0.375. The number of rotatable bonds is 6. The monoisotopic (exact) mass is 316 g/mol. The van der Waals surface area contributed by atoms with Crippen LogP contribution in [0.5, 0.6) is 11.5 Å². The molecule has 23 heavy (non-hydrogen) atoms. The summed E-state index contributed by atoms with van der Waals surface area (Å²) in [5, 5.41) is 5.63. The molecule has 2 N–H and O–H groups in total.